The molecular formula is C19H29Cl2N5O. The number of nitrogens with zero attached hydrogens (tertiary/aromatic N) is 3. The lowest BCUT2D eigenvalue weighted by Gasteiger charge is -2.26. The lowest BCUT2D eigenvalue weighted by atomic mass is 10.0. The molecule has 3 rings (SSSR count). The van der Waals surface area contributed by atoms with Crippen LogP contribution in [0, 0.1) is 0 Å². The summed E-state index contributed by atoms with van der Waals surface area (Å²) in [7, 11) is 3.95. The standard InChI is InChI=1S/C19H27N5O.2ClH/c1-24(2)18-10-13-22-19(23-18)21-12-5-11-20-14-16-9-8-15-6-3-4-7-17(15)25-16;;/h3-4,6-7,10,13,16,20H,5,8-9,11-12,14H2,1-2H3,(H,21,22,23);2*1H. The first-order valence-corrected chi connectivity index (χ1v) is 8.92. The Morgan fingerprint density at radius 1 is 1.15 bits per heavy atom. The van der Waals surface area contributed by atoms with Crippen LogP contribution in [0.15, 0.2) is 36.5 Å². The van der Waals surface area contributed by atoms with E-state index in [0.717, 1.165) is 50.5 Å². The predicted molar refractivity (Wildman–Crippen MR) is 116 cm³/mol. The third-order valence-electron chi connectivity index (χ3n) is 4.29. The summed E-state index contributed by atoms with van der Waals surface area (Å²) in [5, 5.41) is 6.76. The number of fused-ring (bicyclic) bond motifs is 1. The van der Waals surface area contributed by atoms with Gasteiger partial charge in [-0.1, -0.05) is 18.2 Å². The molecule has 0 radical (unpaired) electrons. The van der Waals surface area contributed by atoms with Crippen molar-refractivity contribution in [3.8, 4) is 5.75 Å². The molecule has 150 valence electrons. The normalized spacial score (nSPS) is 14.8. The third-order valence-corrected chi connectivity index (χ3v) is 4.29. The molecule has 6 nitrogen and oxygen atoms in total. The average Bonchev–Trinajstić information content (AvgIpc) is 2.64. The second-order valence-corrected chi connectivity index (χ2v) is 6.50. The van der Waals surface area contributed by atoms with E-state index >= 15 is 0 Å². The number of aryl methyl sites for hydroxylation is 1. The van der Waals surface area contributed by atoms with E-state index in [2.05, 4.69) is 38.8 Å². The Morgan fingerprint density at radius 2 is 1.96 bits per heavy atom. The number of benzene rings is 1. The molecule has 2 aromatic rings. The Hall–Kier alpha value is -1.76. The van der Waals surface area contributed by atoms with Crippen LogP contribution in [0.5, 0.6) is 5.75 Å². The van der Waals surface area contributed by atoms with Gasteiger partial charge in [0.05, 0.1) is 0 Å². The molecule has 1 aliphatic heterocycles. The molecule has 1 unspecified atom stereocenters. The third kappa shape index (κ3) is 7.05. The second kappa shape index (κ2) is 11.8. The summed E-state index contributed by atoms with van der Waals surface area (Å²) in [5.41, 5.74) is 1.32. The molecule has 1 aliphatic rings. The molecule has 2 heterocycles. The number of aromatic nitrogens is 2. The zero-order valence-corrected chi connectivity index (χ0v) is 17.5. The first-order chi connectivity index (χ1) is 12.2. The van der Waals surface area contributed by atoms with Gasteiger partial charge in [0.25, 0.3) is 0 Å². The van der Waals surface area contributed by atoms with Crippen molar-refractivity contribution < 1.29 is 4.74 Å². The van der Waals surface area contributed by atoms with E-state index in [9.17, 15) is 0 Å². The van der Waals surface area contributed by atoms with Gasteiger partial charge in [-0.3, -0.25) is 0 Å². The van der Waals surface area contributed by atoms with Crippen molar-refractivity contribution in [3.05, 3.63) is 42.1 Å². The number of hydrogen-bond donors (Lipinski definition) is 2. The van der Waals surface area contributed by atoms with Gasteiger partial charge in [0.15, 0.2) is 0 Å². The van der Waals surface area contributed by atoms with E-state index < -0.39 is 0 Å². The van der Waals surface area contributed by atoms with Gasteiger partial charge >= 0.3 is 0 Å². The monoisotopic (exact) mass is 413 g/mol. The van der Waals surface area contributed by atoms with Crippen LogP contribution in [0.2, 0.25) is 0 Å². The Bertz CT molecular complexity index is 687. The zero-order valence-electron chi connectivity index (χ0n) is 15.9. The summed E-state index contributed by atoms with van der Waals surface area (Å²) in [5.74, 6) is 2.63. The molecule has 0 bridgehead atoms. The molecule has 1 aromatic carbocycles. The molecule has 1 atom stereocenters. The highest BCUT2D eigenvalue weighted by Gasteiger charge is 2.18. The van der Waals surface area contributed by atoms with Gasteiger partial charge in [-0.2, -0.15) is 4.98 Å². The van der Waals surface area contributed by atoms with Crippen molar-refractivity contribution in [3.63, 3.8) is 0 Å². The van der Waals surface area contributed by atoms with Gasteiger partial charge in [-0.15, -0.1) is 24.8 Å². The minimum Gasteiger partial charge on any atom is -0.489 e. The quantitative estimate of drug-likeness (QED) is 0.647. The molecule has 0 amide bonds. The highest BCUT2D eigenvalue weighted by atomic mass is 35.5. The molecule has 27 heavy (non-hydrogen) atoms. The molecule has 1 aromatic heterocycles. The molecule has 0 saturated carbocycles. The van der Waals surface area contributed by atoms with Crippen molar-refractivity contribution in [2.75, 3.05) is 43.9 Å². The highest BCUT2D eigenvalue weighted by molar-refractivity contribution is 5.85. The van der Waals surface area contributed by atoms with Crippen LogP contribution >= 0.6 is 24.8 Å². The van der Waals surface area contributed by atoms with Crippen molar-refractivity contribution in [2.45, 2.75) is 25.4 Å². The molecule has 0 fully saturated rings. The molecular weight excluding hydrogens is 385 g/mol. The van der Waals surface area contributed by atoms with E-state index in [-0.39, 0.29) is 30.9 Å². The van der Waals surface area contributed by atoms with Gasteiger partial charge in [0, 0.05) is 33.4 Å². The first-order valence-electron chi connectivity index (χ1n) is 8.92. The second-order valence-electron chi connectivity index (χ2n) is 6.50. The summed E-state index contributed by atoms with van der Waals surface area (Å²) in [6, 6.07) is 10.2. The van der Waals surface area contributed by atoms with Crippen LogP contribution in [0.1, 0.15) is 18.4 Å². The van der Waals surface area contributed by atoms with Crippen molar-refractivity contribution in [2.24, 2.45) is 0 Å². The largest absolute Gasteiger partial charge is 0.489 e. The number of halogens is 2. The van der Waals surface area contributed by atoms with Crippen LogP contribution in [0.4, 0.5) is 11.8 Å². The van der Waals surface area contributed by atoms with Gasteiger partial charge in [-0.25, -0.2) is 4.98 Å². The van der Waals surface area contributed by atoms with E-state index in [0.29, 0.717) is 5.95 Å². The van der Waals surface area contributed by atoms with E-state index in [1.165, 1.54) is 5.56 Å². The summed E-state index contributed by atoms with van der Waals surface area (Å²) >= 11 is 0. The fraction of sp³-hybridized carbons (Fsp3) is 0.474. The number of hydrogen-bond acceptors (Lipinski definition) is 6. The Balaban J connectivity index is 0.00000182. The lowest BCUT2D eigenvalue weighted by Crippen LogP contribution is -2.35. The smallest absolute Gasteiger partial charge is 0.224 e. The van der Waals surface area contributed by atoms with Gasteiger partial charge in [0.2, 0.25) is 5.95 Å². The number of para-hydroxylation sites is 1. The summed E-state index contributed by atoms with van der Waals surface area (Å²) in [4.78, 5) is 10.7. The number of nitrogens with one attached hydrogen (secondary N) is 2. The molecule has 0 saturated heterocycles. The maximum Gasteiger partial charge on any atom is 0.224 e. The minimum absolute atomic E-state index is 0. The van der Waals surface area contributed by atoms with Gasteiger partial charge in [0.1, 0.15) is 17.7 Å². The fourth-order valence-corrected chi connectivity index (χ4v) is 2.88. The first kappa shape index (κ1) is 23.3. The molecule has 2 N–H and O–H groups in total. The number of anilines is 2. The van der Waals surface area contributed by atoms with Crippen molar-refractivity contribution in [1.29, 1.82) is 0 Å². The zero-order chi connectivity index (χ0) is 17.5. The Kier molecular flexibility index (Phi) is 10.2. The van der Waals surface area contributed by atoms with Gasteiger partial charge < -0.3 is 20.3 Å². The Labute approximate surface area is 173 Å². The topological polar surface area (TPSA) is 62.3 Å². The van der Waals surface area contributed by atoms with Crippen LogP contribution in [0.3, 0.4) is 0 Å². The van der Waals surface area contributed by atoms with Crippen LogP contribution in [0.25, 0.3) is 0 Å². The van der Waals surface area contributed by atoms with Crippen LogP contribution in [-0.2, 0) is 6.42 Å². The van der Waals surface area contributed by atoms with Crippen molar-refractivity contribution >= 4 is 36.6 Å². The average molecular weight is 414 g/mol. The SMILES string of the molecule is CN(C)c1ccnc(NCCCNCC2CCc3ccccc3O2)n1.Cl.Cl. The van der Waals surface area contributed by atoms with Crippen LogP contribution in [-0.4, -0.2) is 49.8 Å². The maximum atomic E-state index is 6.04. The molecule has 0 spiro atoms. The number of ether oxygens (including phenoxy) is 1. The fourth-order valence-electron chi connectivity index (χ4n) is 2.88. The van der Waals surface area contributed by atoms with Crippen LogP contribution < -0.4 is 20.3 Å². The predicted octanol–water partition coefficient (Wildman–Crippen LogP) is 3.17. The summed E-state index contributed by atoms with van der Waals surface area (Å²) < 4.78 is 6.04. The van der Waals surface area contributed by atoms with Gasteiger partial charge in [-0.05, 0) is 43.5 Å². The van der Waals surface area contributed by atoms with Crippen molar-refractivity contribution in [1.82, 2.24) is 15.3 Å². The summed E-state index contributed by atoms with van der Waals surface area (Å²) in [6.07, 6.45) is 5.24. The van der Waals surface area contributed by atoms with E-state index in [1.54, 1.807) is 6.20 Å². The summed E-state index contributed by atoms with van der Waals surface area (Å²) in [6.45, 7) is 2.68. The van der Waals surface area contributed by atoms with E-state index in [1.807, 2.05) is 31.1 Å². The molecule has 0 aliphatic carbocycles. The van der Waals surface area contributed by atoms with E-state index in [4.69, 9.17) is 4.74 Å². The number of rotatable bonds is 8. The minimum atomic E-state index is 0. The lowest BCUT2D eigenvalue weighted by molar-refractivity contribution is 0.171. The highest BCUT2D eigenvalue weighted by Crippen LogP contribution is 2.26. The Morgan fingerprint density at radius 3 is 2.78 bits per heavy atom. The maximum absolute atomic E-state index is 6.04. The molecule has 8 heteroatoms.